The van der Waals surface area contributed by atoms with Gasteiger partial charge in [-0.15, -0.1) is 0 Å². The van der Waals surface area contributed by atoms with Crippen molar-refractivity contribution >= 4 is 48.2 Å². The maximum atomic E-state index is 11.5. The fourth-order valence-corrected chi connectivity index (χ4v) is 4.18. The van der Waals surface area contributed by atoms with Crippen LogP contribution in [-0.4, -0.2) is 37.0 Å². The van der Waals surface area contributed by atoms with E-state index in [9.17, 15) is 4.79 Å². The van der Waals surface area contributed by atoms with Crippen LogP contribution in [0, 0.1) is 0 Å². The minimum atomic E-state index is -0.304. The van der Waals surface area contributed by atoms with E-state index in [2.05, 4.69) is 4.98 Å². The zero-order valence-corrected chi connectivity index (χ0v) is 13.5. The molecule has 0 bridgehead atoms. The van der Waals surface area contributed by atoms with Crippen molar-refractivity contribution in [3.8, 4) is 11.3 Å². The molecule has 20 heavy (non-hydrogen) atoms. The van der Waals surface area contributed by atoms with E-state index in [4.69, 9.17) is 27.9 Å². The molecule has 0 aliphatic carbocycles. The zero-order chi connectivity index (χ0) is 14.3. The third-order valence-corrected chi connectivity index (χ3v) is 5.35. The Kier molecular flexibility index (Phi) is 3.61. The molecule has 4 nitrogen and oxygen atoms in total. The number of carbonyl (C=O) groups excluding carboxylic acids is 1. The van der Waals surface area contributed by atoms with E-state index in [1.807, 2.05) is 16.7 Å². The van der Waals surface area contributed by atoms with Gasteiger partial charge in [0.2, 0.25) is 0 Å². The Labute approximate surface area is 130 Å². The fourth-order valence-electron chi connectivity index (χ4n) is 1.82. The molecule has 0 saturated carbocycles. The van der Waals surface area contributed by atoms with Gasteiger partial charge in [-0.1, -0.05) is 0 Å². The molecule has 3 rings (SSSR count). The van der Waals surface area contributed by atoms with Crippen LogP contribution in [0.15, 0.2) is 30.6 Å². The van der Waals surface area contributed by atoms with Gasteiger partial charge >= 0.3 is 131 Å². The first-order chi connectivity index (χ1) is 9.58. The average Bonchev–Trinajstić information content (AvgIpc) is 2.95. The summed E-state index contributed by atoms with van der Waals surface area (Å²) in [6.07, 6.45) is 3.60. The molecule has 7 heteroatoms. The standard InChI is InChI=1S/C13H8Cl2N2O2Se/c1-19-12(18)11-6-17-5-10(16-13(17)20-11)8-3-2-7(14)4-9(8)15/h2-6H,1H3. The second-order valence-corrected chi connectivity index (χ2v) is 6.99. The first-order valence-electron chi connectivity index (χ1n) is 5.61. The SMILES string of the molecule is COC(=O)c1cn2cc(-c3ccc(Cl)cc3Cl)nc2[se]1. The molecule has 2 heterocycles. The molecule has 0 fully saturated rings. The summed E-state index contributed by atoms with van der Waals surface area (Å²) >= 11 is 11.9. The van der Waals surface area contributed by atoms with Crippen molar-refractivity contribution in [1.29, 1.82) is 0 Å². The number of nitrogens with zero attached hydrogens (tertiary/aromatic N) is 2. The Morgan fingerprint density at radius 1 is 1.35 bits per heavy atom. The summed E-state index contributed by atoms with van der Waals surface area (Å²) in [5, 5.41) is 1.14. The third-order valence-electron chi connectivity index (χ3n) is 2.75. The van der Waals surface area contributed by atoms with Crippen LogP contribution in [0.4, 0.5) is 0 Å². The number of methoxy groups -OCH3 is 1. The van der Waals surface area contributed by atoms with E-state index in [1.54, 1.807) is 18.3 Å². The molecule has 0 unspecified atom stereocenters. The summed E-state index contributed by atoms with van der Waals surface area (Å²) in [4.78, 5) is 16.0. The molecule has 0 saturated heterocycles. The first kappa shape index (κ1) is 13.7. The summed E-state index contributed by atoms with van der Waals surface area (Å²) in [5.41, 5.74) is 1.59. The van der Waals surface area contributed by atoms with Gasteiger partial charge in [0.15, 0.2) is 0 Å². The van der Waals surface area contributed by atoms with E-state index >= 15 is 0 Å². The van der Waals surface area contributed by atoms with Gasteiger partial charge in [-0.3, -0.25) is 0 Å². The Balaban J connectivity index is 2.05. The molecule has 0 spiro atoms. The molecule has 3 aromatic rings. The molecule has 0 aliphatic heterocycles. The number of aromatic nitrogens is 2. The molecule has 1 aromatic carbocycles. The molecule has 0 radical (unpaired) electrons. The molecule has 0 atom stereocenters. The van der Waals surface area contributed by atoms with Gasteiger partial charge in [0.05, 0.1) is 0 Å². The van der Waals surface area contributed by atoms with Crippen LogP contribution in [0.3, 0.4) is 0 Å². The summed E-state index contributed by atoms with van der Waals surface area (Å²) in [7, 11) is 1.37. The van der Waals surface area contributed by atoms with E-state index < -0.39 is 0 Å². The number of benzene rings is 1. The Morgan fingerprint density at radius 2 is 2.15 bits per heavy atom. The Morgan fingerprint density at radius 3 is 2.80 bits per heavy atom. The van der Waals surface area contributed by atoms with E-state index in [1.165, 1.54) is 7.11 Å². The fraction of sp³-hybridized carbons (Fsp3) is 0.0769. The molecule has 102 valence electrons. The van der Waals surface area contributed by atoms with Crippen molar-refractivity contribution in [3.05, 3.63) is 45.1 Å². The van der Waals surface area contributed by atoms with Crippen molar-refractivity contribution in [2.45, 2.75) is 0 Å². The van der Waals surface area contributed by atoms with Gasteiger partial charge in [0.1, 0.15) is 0 Å². The first-order valence-corrected chi connectivity index (χ1v) is 8.07. The van der Waals surface area contributed by atoms with Gasteiger partial charge in [0, 0.05) is 0 Å². The van der Waals surface area contributed by atoms with Gasteiger partial charge in [0.25, 0.3) is 0 Å². The number of imidazole rings is 1. The predicted molar refractivity (Wildman–Crippen MR) is 78.9 cm³/mol. The predicted octanol–water partition coefficient (Wildman–Crippen LogP) is 3.15. The second kappa shape index (κ2) is 5.26. The molecule has 2 aromatic heterocycles. The van der Waals surface area contributed by atoms with Crippen LogP contribution in [0.2, 0.25) is 10.0 Å². The van der Waals surface area contributed by atoms with E-state index in [0.717, 1.165) is 15.8 Å². The number of halogens is 2. The number of hydrogen-bond acceptors (Lipinski definition) is 3. The van der Waals surface area contributed by atoms with Crippen molar-refractivity contribution in [3.63, 3.8) is 0 Å². The molecular weight excluding hydrogens is 366 g/mol. The van der Waals surface area contributed by atoms with E-state index in [-0.39, 0.29) is 20.5 Å². The number of fused-ring (bicyclic) bond motifs is 1. The Hall–Kier alpha value is -1.26. The minimum absolute atomic E-state index is 0.149. The average molecular weight is 374 g/mol. The Bertz CT molecular complexity index is 778. The van der Waals surface area contributed by atoms with Gasteiger partial charge in [-0.05, 0) is 0 Å². The van der Waals surface area contributed by atoms with Crippen molar-refractivity contribution in [2.24, 2.45) is 0 Å². The quantitative estimate of drug-likeness (QED) is 0.512. The van der Waals surface area contributed by atoms with E-state index in [0.29, 0.717) is 14.5 Å². The topological polar surface area (TPSA) is 43.6 Å². The van der Waals surface area contributed by atoms with Gasteiger partial charge in [-0.2, -0.15) is 0 Å². The van der Waals surface area contributed by atoms with Gasteiger partial charge < -0.3 is 0 Å². The number of hydrogen-bond donors (Lipinski definition) is 0. The summed E-state index contributed by atoms with van der Waals surface area (Å²) in [5.74, 6) is -0.304. The van der Waals surface area contributed by atoms with Crippen LogP contribution < -0.4 is 0 Å². The molecule has 0 amide bonds. The van der Waals surface area contributed by atoms with Gasteiger partial charge in [-0.25, -0.2) is 0 Å². The number of ether oxygens (including phenoxy) is 1. The van der Waals surface area contributed by atoms with Crippen molar-refractivity contribution in [2.75, 3.05) is 7.11 Å². The van der Waals surface area contributed by atoms with Crippen LogP contribution in [-0.2, 0) is 4.74 Å². The number of carbonyl (C=O) groups is 1. The van der Waals surface area contributed by atoms with Crippen LogP contribution >= 0.6 is 23.2 Å². The summed E-state index contributed by atoms with van der Waals surface area (Å²) < 4.78 is 8.05. The maximum absolute atomic E-state index is 11.5. The second-order valence-electron chi connectivity index (χ2n) is 4.03. The summed E-state index contributed by atoms with van der Waals surface area (Å²) in [6.45, 7) is 0. The monoisotopic (exact) mass is 374 g/mol. The van der Waals surface area contributed by atoms with Crippen molar-refractivity contribution in [1.82, 2.24) is 9.38 Å². The number of esters is 1. The van der Waals surface area contributed by atoms with Crippen LogP contribution in [0.5, 0.6) is 0 Å². The number of rotatable bonds is 2. The molecule has 0 N–H and O–H groups in total. The van der Waals surface area contributed by atoms with Crippen molar-refractivity contribution < 1.29 is 9.53 Å². The molecule has 0 aliphatic rings. The normalized spacial score (nSPS) is 10.9. The third kappa shape index (κ3) is 2.38. The molecular formula is C13H8Cl2N2O2Se. The van der Waals surface area contributed by atoms with Crippen LogP contribution in [0.25, 0.3) is 15.8 Å². The van der Waals surface area contributed by atoms with Crippen LogP contribution in [0.1, 0.15) is 9.23 Å². The zero-order valence-electron chi connectivity index (χ0n) is 10.3. The summed E-state index contributed by atoms with van der Waals surface area (Å²) in [6, 6.07) is 5.29.